The first-order valence-electron chi connectivity index (χ1n) is 5.56. The number of nitrogens with one attached hydrogen (secondary N) is 1. The summed E-state index contributed by atoms with van der Waals surface area (Å²) < 4.78 is -0.657. The number of carbonyl (C=O) groups is 2. The molecule has 0 bridgehead atoms. The van der Waals surface area contributed by atoms with Gasteiger partial charge in [0.15, 0.2) is 0 Å². The zero-order chi connectivity index (χ0) is 14.3. The van der Waals surface area contributed by atoms with Gasteiger partial charge in [-0.25, -0.2) is 0 Å². The van der Waals surface area contributed by atoms with Crippen molar-refractivity contribution in [2.45, 2.75) is 49.5 Å². The third-order valence-corrected chi connectivity index (χ3v) is 4.53. The smallest absolute Gasteiger partial charge is 0.322 e. The summed E-state index contributed by atoms with van der Waals surface area (Å²) in [5.74, 6) is -3.62. The number of carbonyl (C=O) groups excluding carboxylic acids is 1. The van der Waals surface area contributed by atoms with Gasteiger partial charge in [0.1, 0.15) is 6.04 Å². The number of thioether (sulfide) groups is 1. The number of aliphatic hydroxyl groups is 1. The standard InChI is InChI=1S/C11H19NO5S/c1-10(2,17)5(8(13)14)7-12-6(9(15)16)11(3,4)18-7/h5-7,12,17H,1-4H3,(H,13,14)(H,15,16)/p-1/t5-,6-,7+/m0/s1. The first-order valence-corrected chi connectivity index (χ1v) is 6.44. The molecule has 1 aliphatic rings. The van der Waals surface area contributed by atoms with Crippen molar-refractivity contribution >= 4 is 23.7 Å². The van der Waals surface area contributed by atoms with Crippen molar-refractivity contribution in [1.29, 1.82) is 0 Å². The highest BCUT2D eigenvalue weighted by atomic mass is 32.2. The van der Waals surface area contributed by atoms with E-state index in [4.69, 9.17) is 5.11 Å². The van der Waals surface area contributed by atoms with E-state index in [0.717, 1.165) is 0 Å². The first-order chi connectivity index (χ1) is 7.97. The minimum atomic E-state index is -1.49. The van der Waals surface area contributed by atoms with Crippen LogP contribution in [0.1, 0.15) is 27.7 Å². The van der Waals surface area contributed by atoms with E-state index in [9.17, 15) is 19.8 Å². The van der Waals surface area contributed by atoms with E-state index in [1.807, 2.05) is 0 Å². The van der Waals surface area contributed by atoms with Crippen LogP contribution >= 0.6 is 11.8 Å². The van der Waals surface area contributed by atoms with E-state index >= 15 is 0 Å². The fourth-order valence-electron chi connectivity index (χ4n) is 2.11. The minimum Gasteiger partial charge on any atom is -0.550 e. The van der Waals surface area contributed by atoms with E-state index in [1.54, 1.807) is 13.8 Å². The van der Waals surface area contributed by atoms with Crippen LogP contribution in [0.2, 0.25) is 0 Å². The Kier molecular flexibility index (Phi) is 4.00. The van der Waals surface area contributed by atoms with Crippen LogP contribution in [0.4, 0.5) is 0 Å². The summed E-state index contributed by atoms with van der Waals surface area (Å²) in [4.78, 5) is 22.3. The number of carboxylic acids is 2. The summed E-state index contributed by atoms with van der Waals surface area (Å²) in [5, 5.41) is 32.2. The van der Waals surface area contributed by atoms with E-state index < -0.39 is 39.6 Å². The van der Waals surface area contributed by atoms with Crippen LogP contribution in [0.3, 0.4) is 0 Å². The van der Waals surface area contributed by atoms with Crippen molar-refractivity contribution in [3.05, 3.63) is 0 Å². The lowest BCUT2D eigenvalue weighted by molar-refractivity contribution is -0.316. The lowest BCUT2D eigenvalue weighted by Gasteiger charge is -2.34. The summed E-state index contributed by atoms with van der Waals surface area (Å²) in [6.07, 6.45) is 0. The van der Waals surface area contributed by atoms with Gasteiger partial charge in [0.25, 0.3) is 0 Å². The molecule has 104 valence electrons. The summed E-state index contributed by atoms with van der Waals surface area (Å²) in [7, 11) is 0. The average molecular weight is 276 g/mol. The van der Waals surface area contributed by atoms with Crippen molar-refractivity contribution in [2.75, 3.05) is 0 Å². The Balaban J connectivity index is 2.99. The van der Waals surface area contributed by atoms with Crippen molar-refractivity contribution in [1.82, 2.24) is 5.32 Å². The molecule has 0 saturated carbocycles. The maximum Gasteiger partial charge on any atom is 0.322 e. The largest absolute Gasteiger partial charge is 0.550 e. The second kappa shape index (κ2) is 4.71. The molecule has 1 heterocycles. The Labute approximate surface area is 110 Å². The Morgan fingerprint density at radius 3 is 2.22 bits per heavy atom. The van der Waals surface area contributed by atoms with Crippen molar-refractivity contribution in [3.63, 3.8) is 0 Å². The van der Waals surface area contributed by atoms with Gasteiger partial charge >= 0.3 is 5.97 Å². The third-order valence-electron chi connectivity index (χ3n) is 3.02. The molecule has 1 rings (SSSR count). The number of hydrogen-bond donors (Lipinski definition) is 3. The molecule has 6 nitrogen and oxygen atoms in total. The highest BCUT2D eigenvalue weighted by Gasteiger charge is 2.50. The summed E-state index contributed by atoms with van der Waals surface area (Å²) >= 11 is 1.19. The monoisotopic (exact) mass is 276 g/mol. The Hall–Kier alpha value is -0.790. The van der Waals surface area contributed by atoms with Crippen LogP contribution in [0, 0.1) is 5.92 Å². The van der Waals surface area contributed by atoms with Gasteiger partial charge in [0.2, 0.25) is 0 Å². The number of aliphatic carboxylic acids is 2. The average Bonchev–Trinajstić information content (AvgIpc) is 2.37. The highest BCUT2D eigenvalue weighted by Crippen LogP contribution is 2.42. The molecule has 0 aliphatic carbocycles. The van der Waals surface area contributed by atoms with Gasteiger partial charge in [-0.1, -0.05) is 0 Å². The molecule has 3 N–H and O–H groups in total. The summed E-state index contributed by atoms with van der Waals surface area (Å²) in [5.41, 5.74) is -1.49. The number of rotatable bonds is 4. The van der Waals surface area contributed by atoms with Gasteiger partial charge in [0, 0.05) is 10.7 Å². The third kappa shape index (κ3) is 2.96. The van der Waals surface area contributed by atoms with E-state index in [-0.39, 0.29) is 0 Å². The summed E-state index contributed by atoms with van der Waals surface area (Å²) in [6.45, 7) is 6.19. The molecule has 3 atom stereocenters. The van der Waals surface area contributed by atoms with Gasteiger partial charge in [-0.3, -0.25) is 10.1 Å². The van der Waals surface area contributed by atoms with Crippen molar-refractivity contribution in [3.8, 4) is 0 Å². The zero-order valence-electron chi connectivity index (χ0n) is 10.8. The maximum absolute atomic E-state index is 11.1. The van der Waals surface area contributed by atoms with Crippen LogP contribution < -0.4 is 10.4 Å². The molecule has 0 amide bonds. The second-order valence-electron chi connectivity index (χ2n) is 5.53. The van der Waals surface area contributed by atoms with Crippen LogP contribution in [0.15, 0.2) is 0 Å². The lowest BCUT2D eigenvalue weighted by atomic mass is 9.90. The maximum atomic E-state index is 11.1. The molecular formula is C11H18NO5S-. The Bertz CT molecular complexity index is 363. The quantitative estimate of drug-likeness (QED) is 0.605. The first kappa shape index (κ1) is 15.3. The molecule has 1 aliphatic heterocycles. The zero-order valence-corrected chi connectivity index (χ0v) is 11.6. The predicted molar refractivity (Wildman–Crippen MR) is 64.8 cm³/mol. The van der Waals surface area contributed by atoms with Crippen LogP contribution in [-0.2, 0) is 9.59 Å². The topological polar surface area (TPSA) is 110 Å². The highest BCUT2D eigenvalue weighted by molar-refractivity contribution is 8.01. The van der Waals surface area contributed by atoms with E-state index in [1.165, 1.54) is 25.6 Å². The fraction of sp³-hybridized carbons (Fsp3) is 0.818. The molecule has 0 aromatic heterocycles. The Morgan fingerprint density at radius 2 is 1.94 bits per heavy atom. The SMILES string of the molecule is CC(C)(O)[C@H](C(=O)[O-])[C@@H]1N[C@@H](C(=O)O)C(C)(C)S1. The molecule has 0 aromatic rings. The minimum absolute atomic E-state index is 0.657. The molecular weight excluding hydrogens is 258 g/mol. The van der Waals surface area contributed by atoms with Crippen LogP contribution in [-0.4, -0.2) is 43.9 Å². The van der Waals surface area contributed by atoms with E-state index in [2.05, 4.69) is 5.32 Å². The second-order valence-corrected chi connectivity index (χ2v) is 7.33. The van der Waals surface area contributed by atoms with Gasteiger partial charge in [-0.2, -0.15) is 0 Å². The molecule has 0 unspecified atom stereocenters. The van der Waals surface area contributed by atoms with Crippen molar-refractivity contribution in [2.24, 2.45) is 5.92 Å². The Morgan fingerprint density at radius 1 is 1.44 bits per heavy atom. The molecule has 0 aromatic carbocycles. The predicted octanol–water partition coefficient (Wildman–Crippen LogP) is -0.982. The van der Waals surface area contributed by atoms with Crippen molar-refractivity contribution < 1.29 is 24.9 Å². The van der Waals surface area contributed by atoms with Gasteiger partial charge < -0.3 is 20.1 Å². The molecule has 0 spiro atoms. The molecule has 18 heavy (non-hydrogen) atoms. The molecule has 7 heteroatoms. The molecule has 1 saturated heterocycles. The van der Waals surface area contributed by atoms with Gasteiger partial charge in [0.05, 0.1) is 16.9 Å². The van der Waals surface area contributed by atoms with E-state index in [0.29, 0.717) is 0 Å². The normalized spacial score (nSPS) is 28.9. The lowest BCUT2D eigenvalue weighted by Crippen LogP contribution is -2.54. The molecule has 1 fully saturated rings. The molecule has 0 radical (unpaired) electrons. The van der Waals surface area contributed by atoms with Gasteiger partial charge in [-0.05, 0) is 27.7 Å². The number of hydrogen-bond acceptors (Lipinski definition) is 6. The van der Waals surface area contributed by atoms with Crippen LogP contribution in [0.25, 0.3) is 0 Å². The van der Waals surface area contributed by atoms with Crippen LogP contribution in [0.5, 0.6) is 0 Å². The number of carboxylic acid groups (broad SMARTS) is 2. The summed E-state index contributed by atoms with van der Waals surface area (Å²) in [6, 6.07) is -0.864. The van der Waals surface area contributed by atoms with Gasteiger partial charge in [-0.15, -0.1) is 11.8 Å². The fourth-order valence-corrected chi connectivity index (χ4v) is 3.85.